The lowest BCUT2D eigenvalue weighted by Gasteiger charge is -2.28. The van der Waals surface area contributed by atoms with Gasteiger partial charge in [0.2, 0.25) is 0 Å². The van der Waals surface area contributed by atoms with E-state index in [0.29, 0.717) is 18.8 Å². The Labute approximate surface area is 160 Å². The van der Waals surface area contributed by atoms with Gasteiger partial charge in [-0.2, -0.15) is 0 Å². The molecule has 0 unspecified atom stereocenters. The van der Waals surface area contributed by atoms with E-state index in [1.54, 1.807) is 12.3 Å². The Morgan fingerprint density at radius 1 is 1.22 bits per heavy atom. The molecule has 7 heteroatoms. The molecule has 0 radical (unpaired) electrons. The monoisotopic (exact) mass is 372 g/mol. The Morgan fingerprint density at radius 2 is 2.00 bits per heavy atom. The van der Waals surface area contributed by atoms with Gasteiger partial charge in [0.15, 0.2) is 5.76 Å². The minimum atomic E-state index is -0.203. The van der Waals surface area contributed by atoms with Gasteiger partial charge in [-0.15, -0.1) is 0 Å². The van der Waals surface area contributed by atoms with Crippen molar-refractivity contribution in [2.24, 2.45) is 0 Å². The number of anilines is 1. The van der Waals surface area contributed by atoms with Gasteiger partial charge in [-0.05, 0) is 42.9 Å². The fourth-order valence-electron chi connectivity index (χ4n) is 3.06. The maximum Gasteiger partial charge on any atom is 0.287 e. The standard InChI is InChI=1S/C20H28N4O3/c1-3-23(4-2)15-17-5-6-18(27-17)20(25)22-14-16-7-8-21-19(13-16)24-9-11-26-12-10-24/h5-8,13H,3-4,9-12,14-15H2,1-2H3,(H,22,25). The van der Waals surface area contributed by atoms with Gasteiger partial charge in [0.25, 0.3) is 5.91 Å². The number of morpholine rings is 1. The van der Waals surface area contributed by atoms with Crippen LogP contribution >= 0.6 is 0 Å². The Kier molecular flexibility index (Phi) is 6.84. The number of hydrogen-bond acceptors (Lipinski definition) is 6. The van der Waals surface area contributed by atoms with Crippen molar-refractivity contribution in [3.05, 3.63) is 47.5 Å². The molecule has 1 aliphatic heterocycles. The van der Waals surface area contributed by atoms with Gasteiger partial charge in [-0.1, -0.05) is 13.8 Å². The van der Waals surface area contributed by atoms with E-state index in [-0.39, 0.29) is 5.91 Å². The molecule has 0 saturated carbocycles. The van der Waals surface area contributed by atoms with E-state index in [4.69, 9.17) is 9.15 Å². The molecule has 1 saturated heterocycles. The summed E-state index contributed by atoms with van der Waals surface area (Å²) in [4.78, 5) is 21.2. The largest absolute Gasteiger partial charge is 0.455 e. The molecule has 0 atom stereocenters. The molecule has 7 nitrogen and oxygen atoms in total. The highest BCUT2D eigenvalue weighted by Gasteiger charge is 2.14. The lowest BCUT2D eigenvalue weighted by Crippen LogP contribution is -2.36. The lowest BCUT2D eigenvalue weighted by molar-refractivity contribution is 0.0919. The van der Waals surface area contributed by atoms with Gasteiger partial charge in [0.1, 0.15) is 11.6 Å². The van der Waals surface area contributed by atoms with Gasteiger partial charge in [-0.3, -0.25) is 9.69 Å². The normalized spacial score (nSPS) is 14.6. The van der Waals surface area contributed by atoms with E-state index in [1.165, 1.54) is 0 Å². The van der Waals surface area contributed by atoms with Crippen LogP contribution in [0, 0.1) is 0 Å². The number of ether oxygens (including phenoxy) is 1. The molecule has 2 aromatic rings. The molecule has 0 aliphatic carbocycles. The molecule has 3 heterocycles. The fraction of sp³-hybridized carbons (Fsp3) is 0.500. The molecule has 0 spiro atoms. The van der Waals surface area contributed by atoms with E-state index in [2.05, 4.69) is 33.9 Å². The summed E-state index contributed by atoms with van der Waals surface area (Å²) in [5, 5.41) is 2.92. The summed E-state index contributed by atoms with van der Waals surface area (Å²) in [6, 6.07) is 7.54. The fourth-order valence-corrected chi connectivity index (χ4v) is 3.06. The highest BCUT2D eigenvalue weighted by Crippen LogP contribution is 2.15. The number of aromatic nitrogens is 1. The first kappa shape index (κ1) is 19.4. The summed E-state index contributed by atoms with van der Waals surface area (Å²) >= 11 is 0. The molecule has 0 bridgehead atoms. The third-order valence-corrected chi connectivity index (χ3v) is 4.76. The van der Waals surface area contributed by atoms with E-state index in [0.717, 1.165) is 56.5 Å². The third-order valence-electron chi connectivity index (χ3n) is 4.76. The zero-order valence-corrected chi connectivity index (χ0v) is 16.1. The quantitative estimate of drug-likeness (QED) is 0.767. The van der Waals surface area contributed by atoms with E-state index >= 15 is 0 Å². The third kappa shape index (κ3) is 5.30. The van der Waals surface area contributed by atoms with Crippen molar-refractivity contribution in [1.29, 1.82) is 0 Å². The van der Waals surface area contributed by atoms with Crippen LogP contribution in [0.4, 0.5) is 5.82 Å². The van der Waals surface area contributed by atoms with Gasteiger partial charge in [0.05, 0.1) is 19.8 Å². The van der Waals surface area contributed by atoms with Crippen LogP contribution < -0.4 is 10.2 Å². The van der Waals surface area contributed by atoms with Gasteiger partial charge >= 0.3 is 0 Å². The smallest absolute Gasteiger partial charge is 0.287 e. The highest BCUT2D eigenvalue weighted by atomic mass is 16.5. The topological polar surface area (TPSA) is 70.8 Å². The second-order valence-corrected chi connectivity index (χ2v) is 6.53. The number of carbonyl (C=O) groups excluding carboxylic acids is 1. The van der Waals surface area contributed by atoms with E-state index < -0.39 is 0 Å². The summed E-state index contributed by atoms with van der Waals surface area (Å²) < 4.78 is 11.1. The second-order valence-electron chi connectivity index (χ2n) is 6.53. The van der Waals surface area contributed by atoms with Gasteiger partial charge in [0, 0.05) is 25.8 Å². The Morgan fingerprint density at radius 3 is 2.74 bits per heavy atom. The van der Waals surface area contributed by atoms with Crippen molar-refractivity contribution >= 4 is 11.7 Å². The average Bonchev–Trinajstić information content (AvgIpc) is 3.20. The molecule has 3 rings (SSSR count). The highest BCUT2D eigenvalue weighted by molar-refractivity contribution is 5.91. The summed E-state index contributed by atoms with van der Waals surface area (Å²) in [6.07, 6.45) is 1.78. The number of nitrogens with one attached hydrogen (secondary N) is 1. The van der Waals surface area contributed by atoms with E-state index in [1.807, 2.05) is 18.2 Å². The molecule has 2 aromatic heterocycles. The number of carbonyl (C=O) groups is 1. The van der Waals surface area contributed by atoms with Gasteiger partial charge < -0.3 is 19.4 Å². The van der Waals surface area contributed by atoms with Crippen molar-refractivity contribution in [1.82, 2.24) is 15.2 Å². The zero-order chi connectivity index (χ0) is 19.1. The molecular formula is C20H28N4O3. The minimum Gasteiger partial charge on any atom is -0.455 e. The predicted molar refractivity (Wildman–Crippen MR) is 104 cm³/mol. The molecule has 0 aromatic carbocycles. The Hall–Kier alpha value is -2.38. The van der Waals surface area contributed by atoms with Crippen LogP contribution in [0.15, 0.2) is 34.9 Å². The van der Waals surface area contributed by atoms with Gasteiger partial charge in [-0.25, -0.2) is 4.98 Å². The van der Waals surface area contributed by atoms with Crippen molar-refractivity contribution in [2.45, 2.75) is 26.9 Å². The van der Waals surface area contributed by atoms with Crippen LogP contribution in [0.2, 0.25) is 0 Å². The molecule has 1 N–H and O–H groups in total. The second kappa shape index (κ2) is 9.53. The first-order valence-corrected chi connectivity index (χ1v) is 9.56. The molecular weight excluding hydrogens is 344 g/mol. The number of hydrogen-bond donors (Lipinski definition) is 1. The Bertz CT molecular complexity index is 736. The number of furan rings is 1. The predicted octanol–water partition coefficient (Wildman–Crippen LogP) is 2.28. The van der Waals surface area contributed by atoms with Crippen LogP contribution in [0.3, 0.4) is 0 Å². The number of nitrogens with zero attached hydrogens (tertiary/aromatic N) is 3. The molecule has 146 valence electrons. The molecule has 1 amide bonds. The maximum atomic E-state index is 12.4. The lowest BCUT2D eigenvalue weighted by atomic mass is 10.2. The summed E-state index contributed by atoms with van der Waals surface area (Å²) in [5.41, 5.74) is 1.01. The zero-order valence-electron chi connectivity index (χ0n) is 16.1. The average molecular weight is 372 g/mol. The minimum absolute atomic E-state index is 0.203. The van der Waals surface area contributed by atoms with Crippen LogP contribution in [-0.2, 0) is 17.8 Å². The van der Waals surface area contributed by atoms with Crippen molar-refractivity contribution < 1.29 is 13.9 Å². The van der Waals surface area contributed by atoms with Crippen LogP contribution in [0.5, 0.6) is 0 Å². The molecule has 1 aliphatic rings. The number of rotatable bonds is 8. The van der Waals surface area contributed by atoms with Crippen molar-refractivity contribution in [3.63, 3.8) is 0 Å². The van der Waals surface area contributed by atoms with Crippen molar-refractivity contribution in [3.8, 4) is 0 Å². The summed E-state index contributed by atoms with van der Waals surface area (Å²) in [6.45, 7) is 10.4. The summed E-state index contributed by atoms with van der Waals surface area (Å²) in [7, 11) is 0. The molecule has 1 fully saturated rings. The Balaban J connectivity index is 1.55. The van der Waals surface area contributed by atoms with Crippen LogP contribution in [0.1, 0.15) is 35.7 Å². The first-order valence-electron chi connectivity index (χ1n) is 9.56. The van der Waals surface area contributed by atoms with E-state index in [9.17, 15) is 4.79 Å². The molecule has 27 heavy (non-hydrogen) atoms. The first-order chi connectivity index (χ1) is 13.2. The summed E-state index contributed by atoms with van der Waals surface area (Å²) in [5.74, 6) is 1.87. The van der Waals surface area contributed by atoms with Crippen LogP contribution in [0.25, 0.3) is 0 Å². The maximum absolute atomic E-state index is 12.4. The number of pyridine rings is 1. The SMILES string of the molecule is CCN(CC)Cc1ccc(C(=O)NCc2ccnc(N3CCOCC3)c2)o1. The van der Waals surface area contributed by atoms with Crippen molar-refractivity contribution in [2.75, 3.05) is 44.3 Å². The van der Waals surface area contributed by atoms with Crippen LogP contribution in [-0.4, -0.2) is 55.2 Å². The number of amides is 1.